The van der Waals surface area contributed by atoms with Gasteiger partial charge < -0.3 is 10.6 Å². The van der Waals surface area contributed by atoms with E-state index in [2.05, 4.69) is 6.07 Å². The number of rotatable bonds is 4. The summed E-state index contributed by atoms with van der Waals surface area (Å²) in [5, 5.41) is 9.43. The minimum Gasteiger partial charge on any atom is -0.398 e. The van der Waals surface area contributed by atoms with Crippen molar-refractivity contribution in [2.45, 2.75) is 27.2 Å². The zero-order valence-electron chi connectivity index (χ0n) is 13.3. The van der Waals surface area contributed by atoms with Crippen LogP contribution >= 0.6 is 0 Å². The van der Waals surface area contributed by atoms with Gasteiger partial charge in [0.1, 0.15) is 0 Å². The second kappa shape index (κ2) is 6.48. The summed E-state index contributed by atoms with van der Waals surface area (Å²) in [5.74, 6) is 0.00585. The van der Waals surface area contributed by atoms with E-state index in [1.807, 2.05) is 26.8 Å². The first kappa shape index (κ1) is 15.8. The summed E-state index contributed by atoms with van der Waals surface area (Å²) >= 11 is 0. The standard InChI is InChI=1S/C18H21N3O/c1-4-7-21-11-14(9-17(21)22)18-13(10-19)5-6-16(20)15(18)8-12(2)3/h5-6,8-9H,4,7,11,20H2,1-3H3. The van der Waals surface area contributed by atoms with Crippen LogP contribution in [-0.2, 0) is 4.79 Å². The van der Waals surface area contributed by atoms with Crippen molar-refractivity contribution in [2.24, 2.45) is 0 Å². The van der Waals surface area contributed by atoms with E-state index in [1.54, 1.807) is 23.1 Å². The molecule has 1 aliphatic heterocycles. The van der Waals surface area contributed by atoms with Crippen LogP contribution in [0.2, 0.25) is 0 Å². The Hall–Kier alpha value is -2.54. The highest BCUT2D eigenvalue weighted by molar-refractivity contribution is 6.02. The highest BCUT2D eigenvalue weighted by Crippen LogP contribution is 2.32. The van der Waals surface area contributed by atoms with Gasteiger partial charge in [-0.15, -0.1) is 0 Å². The number of carbonyl (C=O) groups is 1. The smallest absolute Gasteiger partial charge is 0.247 e. The van der Waals surface area contributed by atoms with Crippen LogP contribution in [0.5, 0.6) is 0 Å². The predicted molar refractivity (Wildman–Crippen MR) is 89.7 cm³/mol. The third-order valence-corrected chi connectivity index (χ3v) is 3.62. The normalized spacial score (nSPS) is 13.8. The molecule has 0 radical (unpaired) electrons. The number of carbonyl (C=O) groups excluding carboxylic acids is 1. The van der Waals surface area contributed by atoms with Crippen molar-refractivity contribution in [3.63, 3.8) is 0 Å². The Morgan fingerprint density at radius 1 is 1.45 bits per heavy atom. The first-order valence-electron chi connectivity index (χ1n) is 7.45. The molecule has 1 heterocycles. The van der Waals surface area contributed by atoms with Gasteiger partial charge in [0.15, 0.2) is 0 Å². The van der Waals surface area contributed by atoms with E-state index in [4.69, 9.17) is 5.73 Å². The minimum atomic E-state index is 0.00585. The Labute approximate surface area is 131 Å². The molecule has 0 aliphatic carbocycles. The van der Waals surface area contributed by atoms with Crippen molar-refractivity contribution < 1.29 is 4.79 Å². The number of hydrogen-bond acceptors (Lipinski definition) is 3. The number of nitrogens with zero attached hydrogens (tertiary/aromatic N) is 2. The molecule has 4 heteroatoms. The molecule has 0 bridgehead atoms. The summed E-state index contributed by atoms with van der Waals surface area (Å²) in [7, 11) is 0. The fourth-order valence-electron chi connectivity index (χ4n) is 2.70. The van der Waals surface area contributed by atoms with Crippen LogP contribution in [0.1, 0.15) is 43.9 Å². The molecule has 2 rings (SSSR count). The summed E-state index contributed by atoms with van der Waals surface area (Å²) in [5.41, 5.74) is 10.9. The van der Waals surface area contributed by atoms with Gasteiger partial charge in [-0.2, -0.15) is 5.26 Å². The van der Waals surface area contributed by atoms with Crippen molar-refractivity contribution in [1.29, 1.82) is 5.26 Å². The number of nitrogen functional groups attached to an aromatic ring is 1. The molecule has 0 atom stereocenters. The van der Waals surface area contributed by atoms with Crippen molar-refractivity contribution in [3.05, 3.63) is 40.5 Å². The van der Waals surface area contributed by atoms with E-state index in [9.17, 15) is 10.1 Å². The third-order valence-electron chi connectivity index (χ3n) is 3.62. The van der Waals surface area contributed by atoms with Gasteiger partial charge in [0.2, 0.25) is 5.91 Å². The molecule has 1 aliphatic rings. The topological polar surface area (TPSA) is 70.1 Å². The summed E-state index contributed by atoms with van der Waals surface area (Å²) in [4.78, 5) is 13.9. The van der Waals surface area contributed by atoms with Gasteiger partial charge in [0, 0.05) is 36.0 Å². The van der Waals surface area contributed by atoms with E-state index in [0.29, 0.717) is 17.8 Å². The average Bonchev–Trinajstić information content (AvgIpc) is 2.82. The van der Waals surface area contributed by atoms with Crippen LogP contribution in [0.25, 0.3) is 11.6 Å². The number of nitriles is 1. The fourth-order valence-corrected chi connectivity index (χ4v) is 2.70. The zero-order valence-corrected chi connectivity index (χ0v) is 13.3. The lowest BCUT2D eigenvalue weighted by atomic mass is 9.92. The van der Waals surface area contributed by atoms with Gasteiger partial charge in [-0.1, -0.05) is 18.6 Å². The fraction of sp³-hybridized carbons (Fsp3) is 0.333. The maximum Gasteiger partial charge on any atom is 0.247 e. The number of allylic oxidation sites excluding steroid dienone is 1. The molecule has 1 aromatic carbocycles. The van der Waals surface area contributed by atoms with Gasteiger partial charge in [0.25, 0.3) is 0 Å². The summed E-state index contributed by atoms with van der Waals surface area (Å²) in [6.07, 6.45) is 4.52. The van der Waals surface area contributed by atoms with Crippen molar-refractivity contribution in [2.75, 3.05) is 18.8 Å². The molecule has 1 amide bonds. The molecule has 0 fully saturated rings. The number of amides is 1. The second-order valence-electron chi connectivity index (χ2n) is 5.75. The molecular formula is C18H21N3O. The molecule has 22 heavy (non-hydrogen) atoms. The molecule has 0 saturated carbocycles. The second-order valence-corrected chi connectivity index (χ2v) is 5.75. The Morgan fingerprint density at radius 2 is 2.18 bits per heavy atom. The average molecular weight is 295 g/mol. The van der Waals surface area contributed by atoms with Crippen molar-refractivity contribution in [3.8, 4) is 6.07 Å². The first-order chi connectivity index (χ1) is 10.5. The highest BCUT2D eigenvalue weighted by Gasteiger charge is 2.25. The summed E-state index contributed by atoms with van der Waals surface area (Å²) in [6, 6.07) is 5.69. The molecule has 0 saturated heterocycles. The maximum atomic E-state index is 12.1. The van der Waals surface area contributed by atoms with Gasteiger partial charge in [-0.3, -0.25) is 4.79 Å². The van der Waals surface area contributed by atoms with Gasteiger partial charge in [-0.05, 0) is 38.0 Å². The van der Waals surface area contributed by atoms with Gasteiger partial charge in [-0.25, -0.2) is 0 Å². The number of nitrogens with two attached hydrogens (primary N) is 1. The number of hydrogen-bond donors (Lipinski definition) is 1. The van der Waals surface area contributed by atoms with E-state index in [1.165, 1.54) is 0 Å². The third kappa shape index (κ3) is 3.04. The van der Waals surface area contributed by atoms with Crippen LogP contribution in [-0.4, -0.2) is 23.9 Å². The van der Waals surface area contributed by atoms with Gasteiger partial charge >= 0.3 is 0 Å². The van der Waals surface area contributed by atoms with Crippen LogP contribution in [0.3, 0.4) is 0 Å². The molecule has 0 unspecified atom stereocenters. The number of anilines is 1. The van der Waals surface area contributed by atoms with E-state index in [-0.39, 0.29) is 5.91 Å². The highest BCUT2D eigenvalue weighted by atomic mass is 16.2. The van der Waals surface area contributed by atoms with Crippen molar-refractivity contribution >= 4 is 23.2 Å². The molecule has 4 nitrogen and oxygen atoms in total. The Balaban J connectivity index is 2.58. The molecule has 2 N–H and O–H groups in total. The van der Waals surface area contributed by atoms with E-state index >= 15 is 0 Å². The SMILES string of the molecule is CCCN1CC(c2c(C#N)ccc(N)c2C=C(C)C)=CC1=O. The molecule has 114 valence electrons. The monoisotopic (exact) mass is 295 g/mol. The van der Waals surface area contributed by atoms with E-state index < -0.39 is 0 Å². The lowest BCUT2D eigenvalue weighted by Gasteiger charge is -2.17. The molecular weight excluding hydrogens is 274 g/mol. The minimum absolute atomic E-state index is 0.00585. The Kier molecular flexibility index (Phi) is 4.67. The van der Waals surface area contributed by atoms with Crippen LogP contribution < -0.4 is 5.73 Å². The lowest BCUT2D eigenvalue weighted by Crippen LogP contribution is -2.26. The molecule has 1 aromatic rings. The summed E-state index contributed by atoms with van der Waals surface area (Å²) < 4.78 is 0. The Bertz CT molecular complexity index is 704. The summed E-state index contributed by atoms with van der Waals surface area (Å²) in [6.45, 7) is 7.27. The van der Waals surface area contributed by atoms with Gasteiger partial charge in [0.05, 0.1) is 11.6 Å². The van der Waals surface area contributed by atoms with E-state index in [0.717, 1.165) is 35.2 Å². The molecule has 0 aromatic heterocycles. The maximum absolute atomic E-state index is 12.1. The lowest BCUT2D eigenvalue weighted by molar-refractivity contribution is -0.124. The van der Waals surface area contributed by atoms with Crippen LogP contribution in [0, 0.1) is 11.3 Å². The van der Waals surface area contributed by atoms with Crippen LogP contribution in [0.4, 0.5) is 5.69 Å². The largest absolute Gasteiger partial charge is 0.398 e. The Morgan fingerprint density at radius 3 is 2.77 bits per heavy atom. The van der Waals surface area contributed by atoms with Crippen molar-refractivity contribution in [1.82, 2.24) is 4.90 Å². The predicted octanol–water partition coefficient (Wildman–Crippen LogP) is 3.20. The number of benzene rings is 1. The first-order valence-corrected chi connectivity index (χ1v) is 7.45. The molecule has 0 spiro atoms. The quantitative estimate of drug-likeness (QED) is 0.867. The zero-order chi connectivity index (χ0) is 16.3. The van der Waals surface area contributed by atoms with Crippen LogP contribution in [0.15, 0.2) is 23.8 Å².